The normalized spacial score (nSPS) is 12.3. The van der Waals surface area contributed by atoms with Crippen LogP contribution in [0, 0.1) is 0 Å². The summed E-state index contributed by atoms with van der Waals surface area (Å²) in [5, 5.41) is 9.44. The molecule has 0 radical (unpaired) electrons. The number of amides is 1. The summed E-state index contributed by atoms with van der Waals surface area (Å²) >= 11 is 0. The van der Waals surface area contributed by atoms with Crippen LogP contribution in [0.5, 0.6) is 0 Å². The van der Waals surface area contributed by atoms with Gasteiger partial charge in [-0.1, -0.05) is 54.6 Å². The van der Waals surface area contributed by atoms with Crippen LogP contribution >= 0.6 is 8.25 Å². The first kappa shape index (κ1) is 21.7. The first-order chi connectivity index (χ1) is 15.5. The summed E-state index contributed by atoms with van der Waals surface area (Å²) in [6.07, 6.45) is 4.96. The number of rotatable bonds is 7. The molecule has 0 bridgehead atoms. The van der Waals surface area contributed by atoms with Crippen molar-refractivity contribution in [2.24, 2.45) is 7.05 Å². The lowest BCUT2D eigenvalue weighted by molar-refractivity contribution is -0.111. The molecule has 8 heteroatoms. The average Bonchev–Trinajstić information content (AvgIpc) is 3.17. The Kier molecular flexibility index (Phi) is 6.61. The van der Waals surface area contributed by atoms with E-state index in [1.807, 2.05) is 25.2 Å². The fourth-order valence-corrected chi connectivity index (χ4v) is 3.81. The minimum Gasteiger partial charge on any atom is -0.326 e. The molecule has 2 N–H and O–H groups in total. The summed E-state index contributed by atoms with van der Waals surface area (Å²) in [4.78, 5) is 21.2. The number of aryl methyl sites for hydroxylation is 1. The molecule has 4 aromatic rings. The highest BCUT2D eigenvalue weighted by atomic mass is 31.1. The summed E-state index contributed by atoms with van der Waals surface area (Å²) in [6.45, 7) is 0.0420. The molecule has 1 unspecified atom stereocenters. The number of aromatic nitrogens is 2. The van der Waals surface area contributed by atoms with Gasteiger partial charge in [0.15, 0.2) is 0 Å². The molecule has 0 fully saturated rings. The van der Waals surface area contributed by atoms with Gasteiger partial charge in [0.2, 0.25) is 5.91 Å². The Balaban J connectivity index is 1.51. The predicted molar refractivity (Wildman–Crippen MR) is 126 cm³/mol. The van der Waals surface area contributed by atoms with E-state index >= 15 is 0 Å². The van der Waals surface area contributed by atoms with Gasteiger partial charge in [0, 0.05) is 29.9 Å². The second kappa shape index (κ2) is 9.75. The van der Waals surface area contributed by atoms with Gasteiger partial charge in [-0.15, -0.1) is 0 Å². The average molecular weight is 447 g/mol. The van der Waals surface area contributed by atoms with Crippen LogP contribution in [0.4, 0.5) is 5.69 Å². The zero-order valence-corrected chi connectivity index (χ0v) is 18.4. The molecule has 1 heterocycles. The smallest absolute Gasteiger partial charge is 0.316 e. The van der Waals surface area contributed by atoms with Crippen LogP contribution < -0.4 is 5.32 Å². The minimum absolute atomic E-state index is 0.0420. The predicted octanol–water partition coefficient (Wildman–Crippen LogP) is 4.79. The van der Waals surface area contributed by atoms with Crippen LogP contribution in [-0.2, 0) is 27.5 Å². The summed E-state index contributed by atoms with van der Waals surface area (Å²) in [7, 11) is -1.08. The molecule has 1 aromatic heterocycles. The van der Waals surface area contributed by atoms with Gasteiger partial charge in [-0.25, -0.2) is 0 Å². The molecule has 4 rings (SSSR count). The maximum Gasteiger partial charge on any atom is 0.316 e. The van der Waals surface area contributed by atoms with E-state index in [1.54, 1.807) is 41.2 Å². The molecule has 0 aliphatic carbocycles. The van der Waals surface area contributed by atoms with Gasteiger partial charge in [-0.05, 0) is 34.5 Å². The summed E-state index contributed by atoms with van der Waals surface area (Å²) in [5.74, 6) is -0.276. The number of fused-ring (bicyclic) bond motifs is 1. The highest BCUT2D eigenvalue weighted by molar-refractivity contribution is 7.32. The molecule has 3 aromatic carbocycles. The summed E-state index contributed by atoms with van der Waals surface area (Å²) in [6, 6.07) is 21.2. The number of nitrogens with one attached hydrogen (secondary N) is 1. The second-order valence-corrected chi connectivity index (χ2v) is 7.99. The topological polar surface area (TPSA) is 93.5 Å². The molecule has 32 heavy (non-hydrogen) atoms. The molecule has 0 aliphatic heterocycles. The maximum absolute atomic E-state index is 12.4. The van der Waals surface area contributed by atoms with Crippen molar-refractivity contribution in [3.05, 3.63) is 90.1 Å². The van der Waals surface area contributed by atoms with Crippen molar-refractivity contribution in [3.8, 4) is 11.3 Å². The number of benzene rings is 3. The first-order valence-electron chi connectivity index (χ1n) is 9.95. The van der Waals surface area contributed by atoms with Crippen molar-refractivity contribution in [3.63, 3.8) is 0 Å². The van der Waals surface area contributed by atoms with Crippen molar-refractivity contribution in [2.75, 3.05) is 5.32 Å². The minimum atomic E-state index is -2.96. The number of anilines is 1. The standard InChI is InChI=1S/C24H22N3O4P/c1-27-24(22-8-4-6-18-5-2-3-7-21(18)22)19(15-25-27)11-14-23(28)26-20-12-9-17(10-13-20)16-31-32(29)30/h2-15,32H,16H2,1H3,(H,26,28)(H,29,30). The Labute approximate surface area is 185 Å². The van der Waals surface area contributed by atoms with Crippen molar-refractivity contribution >= 4 is 36.7 Å². The Morgan fingerprint density at radius 2 is 1.88 bits per heavy atom. The number of carbonyl (C=O) groups excluding carboxylic acids is 1. The SMILES string of the molecule is Cn1ncc(C=CC(=O)Nc2ccc(CO[PH](=O)O)cc2)c1-c1cccc2ccccc12. The highest BCUT2D eigenvalue weighted by Crippen LogP contribution is 2.31. The third-order valence-electron chi connectivity index (χ3n) is 5.01. The van der Waals surface area contributed by atoms with Gasteiger partial charge < -0.3 is 14.7 Å². The van der Waals surface area contributed by atoms with Crippen LogP contribution in [0.25, 0.3) is 28.1 Å². The molecule has 0 spiro atoms. The Hall–Kier alpha value is -3.51. The lowest BCUT2D eigenvalue weighted by Crippen LogP contribution is -2.07. The van der Waals surface area contributed by atoms with E-state index in [0.29, 0.717) is 5.69 Å². The highest BCUT2D eigenvalue weighted by Gasteiger charge is 2.12. The van der Waals surface area contributed by atoms with Gasteiger partial charge in [0.25, 0.3) is 0 Å². The molecule has 7 nitrogen and oxygen atoms in total. The molecular weight excluding hydrogens is 425 g/mol. The largest absolute Gasteiger partial charge is 0.326 e. The third kappa shape index (κ3) is 5.03. The van der Waals surface area contributed by atoms with Gasteiger partial charge in [-0.2, -0.15) is 5.10 Å². The summed E-state index contributed by atoms with van der Waals surface area (Å²) < 4.78 is 17.2. The van der Waals surface area contributed by atoms with Crippen LogP contribution in [-0.4, -0.2) is 20.6 Å². The van der Waals surface area contributed by atoms with Gasteiger partial charge >= 0.3 is 8.25 Å². The van der Waals surface area contributed by atoms with Crippen molar-refractivity contribution in [1.29, 1.82) is 0 Å². The summed E-state index contributed by atoms with van der Waals surface area (Å²) in [5.41, 5.74) is 4.16. The zero-order chi connectivity index (χ0) is 22.5. The maximum atomic E-state index is 12.4. The lowest BCUT2D eigenvalue weighted by atomic mass is 10.00. The van der Waals surface area contributed by atoms with E-state index in [1.165, 1.54) is 6.08 Å². The molecule has 0 aliphatic rings. The van der Waals surface area contributed by atoms with Gasteiger partial charge in [0.05, 0.1) is 18.5 Å². The number of hydrogen-bond acceptors (Lipinski definition) is 4. The fraction of sp³-hybridized carbons (Fsp3) is 0.0833. The third-order valence-corrected chi connectivity index (χ3v) is 5.40. The Bertz CT molecular complexity index is 1310. The Morgan fingerprint density at radius 3 is 2.66 bits per heavy atom. The molecule has 0 saturated carbocycles. The molecule has 1 amide bonds. The molecule has 1 atom stereocenters. The van der Waals surface area contributed by atoms with Gasteiger partial charge in [-0.3, -0.25) is 14.0 Å². The van der Waals surface area contributed by atoms with Crippen molar-refractivity contribution in [2.45, 2.75) is 6.61 Å². The molecule has 162 valence electrons. The van der Waals surface area contributed by atoms with Crippen LogP contribution in [0.1, 0.15) is 11.1 Å². The van der Waals surface area contributed by atoms with Crippen molar-refractivity contribution < 1.29 is 18.8 Å². The molecule has 0 saturated heterocycles. The fourth-order valence-electron chi connectivity index (χ4n) is 3.52. The number of nitrogens with zero attached hydrogens (tertiary/aromatic N) is 2. The van der Waals surface area contributed by atoms with E-state index < -0.39 is 8.25 Å². The zero-order valence-electron chi connectivity index (χ0n) is 17.4. The van der Waals surface area contributed by atoms with E-state index in [4.69, 9.17) is 9.42 Å². The lowest BCUT2D eigenvalue weighted by Gasteiger charge is -2.09. The van der Waals surface area contributed by atoms with E-state index in [0.717, 1.165) is 33.2 Å². The first-order valence-corrected chi connectivity index (χ1v) is 11.2. The van der Waals surface area contributed by atoms with E-state index in [-0.39, 0.29) is 12.5 Å². The number of carbonyl (C=O) groups is 1. The second-order valence-electron chi connectivity index (χ2n) is 7.17. The quantitative estimate of drug-likeness (QED) is 0.314. The van der Waals surface area contributed by atoms with Crippen LogP contribution in [0.2, 0.25) is 0 Å². The van der Waals surface area contributed by atoms with E-state index in [9.17, 15) is 9.36 Å². The van der Waals surface area contributed by atoms with Crippen LogP contribution in [0.3, 0.4) is 0 Å². The van der Waals surface area contributed by atoms with E-state index in [2.05, 4.69) is 34.7 Å². The monoisotopic (exact) mass is 447 g/mol. The Morgan fingerprint density at radius 1 is 1.12 bits per heavy atom. The van der Waals surface area contributed by atoms with Crippen LogP contribution in [0.15, 0.2) is 79.0 Å². The van der Waals surface area contributed by atoms with Gasteiger partial charge in [0.1, 0.15) is 0 Å². The number of hydrogen-bond donors (Lipinski definition) is 2. The van der Waals surface area contributed by atoms with Crippen molar-refractivity contribution in [1.82, 2.24) is 9.78 Å². The molecular formula is C24H22N3O4P.